The van der Waals surface area contributed by atoms with Gasteiger partial charge in [-0.05, 0) is 74.6 Å². The number of nitrogens with one attached hydrogen (secondary N) is 1. The highest BCUT2D eigenvalue weighted by Gasteiger charge is 2.37. The molecular formula is C78H107N9O17. The maximum atomic E-state index is 14.9. The number of ketones is 9. The van der Waals surface area contributed by atoms with E-state index in [1.807, 2.05) is 32.0 Å². The Labute approximate surface area is 609 Å². The zero-order valence-corrected chi connectivity index (χ0v) is 61.3. The SMILES string of the molecule is CCOC(=O)C(C)CC(=O)CCC(=O)C(CC(=O)C(CC(=O)C(CCCN=C(N)N)CC(=O)C(CC(=O)C(CCC(N)=O)CC(=O)C(C)CC(=O)C(CO)CC(=O)CN(C(=O)CN(Cc1ccccc1)C(=O)CN(CCOC)C(C)=O)c1ccccc1)CC(C)C)Cc1cnc[nH]1)Cc1ccccc1. The number of imidazole rings is 1. The third-order valence-corrected chi connectivity index (χ3v) is 18.4. The molecule has 0 aliphatic heterocycles. The summed E-state index contributed by atoms with van der Waals surface area (Å²) >= 11 is 0. The number of aliphatic hydroxyl groups is 1. The van der Waals surface area contributed by atoms with Gasteiger partial charge in [0.25, 0.3) is 0 Å². The number of Topliss-reactive ketones (excluding diaryl/α,β-unsaturated/α-hetero) is 9. The quantitative estimate of drug-likeness (QED) is 0.0133. The van der Waals surface area contributed by atoms with Crippen molar-refractivity contribution < 1.29 is 81.7 Å². The molecule has 0 spiro atoms. The Morgan fingerprint density at radius 1 is 0.558 bits per heavy atom. The summed E-state index contributed by atoms with van der Waals surface area (Å²) < 4.78 is 10.2. The smallest absolute Gasteiger partial charge is 0.309 e. The Balaban J connectivity index is 1.53. The van der Waals surface area contributed by atoms with Crippen LogP contribution >= 0.6 is 0 Å². The van der Waals surface area contributed by atoms with E-state index in [1.54, 1.807) is 86.6 Å². The number of carbonyl (C=O) groups excluding carboxylic acids is 14. The summed E-state index contributed by atoms with van der Waals surface area (Å²) in [5, 5.41) is 10.6. The number of methoxy groups -OCH3 is 1. The van der Waals surface area contributed by atoms with Crippen molar-refractivity contribution in [3.8, 4) is 0 Å². The lowest BCUT2D eigenvalue weighted by atomic mass is 9.77. The number of aromatic nitrogens is 2. The van der Waals surface area contributed by atoms with Crippen LogP contribution in [0, 0.1) is 53.3 Å². The fourth-order valence-corrected chi connectivity index (χ4v) is 12.4. The van der Waals surface area contributed by atoms with Crippen molar-refractivity contribution in [2.75, 3.05) is 64.6 Å². The highest BCUT2D eigenvalue weighted by Crippen LogP contribution is 2.31. The maximum Gasteiger partial charge on any atom is 0.309 e. The molecule has 4 amide bonds. The fraction of sp³-hybridized carbons (Fsp3) is 0.538. The van der Waals surface area contributed by atoms with Gasteiger partial charge in [-0.1, -0.05) is 107 Å². The number of amides is 4. The number of anilines is 1. The minimum Gasteiger partial charge on any atom is -0.466 e. The van der Waals surface area contributed by atoms with Crippen LogP contribution in [0.3, 0.4) is 0 Å². The van der Waals surface area contributed by atoms with Gasteiger partial charge in [0.2, 0.25) is 23.6 Å². The number of hydrogen-bond acceptors (Lipinski definition) is 19. The van der Waals surface area contributed by atoms with Crippen LogP contribution in [0.4, 0.5) is 5.69 Å². The number of nitrogens with two attached hydrogens (primary N) is 3. The van der Waals surface area contributed by atoms with Crippen LogP contribution in [-0.4, -0.2) is 172 Å². The van der Waals surface area contributed by atoms with Crippen LogP contribution in [0.15, 0.2) is 109 Å². The van der Waals surface area contributed by atoms with E-state index < -0.39 is 157 Å². The molecule has 4 rings (SSSR count). The number of guanidine groups is 1. The Morgan fingerprint density at radius 2 is 1.11 bits per heavy atom. The van der Waals surface area contributed by atoms with Crippen molar-refractivity contribution in [1.29, 1.82) is 0 Å². The first kappa shape index (κ1) is 86.8. The van der Waals surface area contributed by atoms with Gasteiger partial charge in [0.05, 0.1) is 45.2 Å². The van der Waals surface area contributed by atoms with Crippen molar-refractivity contribution in [2.24, 2.45) is 75.5 Å². The molecule has 0 aliphatic carbocycles. The molecule has 8 unspecified atom stereocenters. The van der Waals surface area contributed by atoms with Crippen LogP contribution in [-0.2, 0) is 96.0 Å². The average Bonchev–Trinajstić information content (AvgIpc) is 0.980. The van der Waals surface area contributed by atoms with Crippen LogP contribution < -0.4 is 22.1 Å². The lowest BCUT2D eigenvalue weighted by Gasteiger charge is -2.30. The van der Waals surface area contributed by atoms with Gasteiger partial charge in [-0.15, -0.1) is 0 Å². The molecule has 104 heavy (non-hydrogen) atoms. The van der Waals surface area contributed by atoms with Gasteiger partial charge in [0.15, 0.2) is 11.7 Å². The second-order valence-corrected chi connectivity index (χ2v) is 27.4. The van der Waals surface area contributed by atoms with Crippen molar-refractivity contribution >= 4 is 93.3 Å². The van der Waals surface area contributed by atoms with E-state index >= 15 is 0 Å². The molecule has 0 saturated heterocycles. The molecular weight excluding hydrogens is 1330 g/mol. The summed E-state index contributed by atoms with van der Waals surface area (Å²) in [5.41, 5.74) is 19.1. The third-order valence-electron chi connectivity index (χ3n) is 18.4. The summed E-state index contributed by atoms with van der Waals surface area (Å²) in [7, 11) is 1.46. The number of carbonyl (C=O) groups is 14. The van der Waals surface area contributed by atoms with Gasteiger partial charge in [0, 0.05) is 163 Å². The Bertz CT molecular complexity index is 3510. The number of aromatic amines is 1. The molecule has 0 saturated carbocycles. The van der Waals surface area contributed by atoms with Gasteiger partial charge >= 0.3 is 5.97 Å². The van der Waals surface area contributed by atoms with Gasteiger partial charge in [-0.2, -0.15) is 0 Å². The molecule has 1 aromatic heterocycles. The number of aliphatic imine (C=N–C) groups is 1. The number of benzene rings is 3. The molecule has 0 radical (unpaired) electrons. The van der Waals surface area contributed by atoms with Crippen molar-refractivity contribution in [2.45, 2.75) is 157 Å². The van der Waals surface area contributed by atoms with E-state index in [0.717, 1.165) is 5.56 Å². The first-order valence-corrected chi connectivity index (χ1v) is 35.8. The summed E-state index contributed by atoms with van der Waals surface area (Å²) in [6, 6.07) is 26.1. The van der Waals surface area contributed by atoms with E-state index in [-0.39, 0.29) is 152 Å². The summed E-state index contributed by atoms with van der Waals surface area (Å²) in [4.78, 5) is 209. The van der Waals surface area contributed by atoms with Gasteiger partial charge < -0.3 is 51.5 Å². The zero-order chi connectivity index (χ0) is 76.8. The molecule has 0 aliphatic rings. The molecule has 26 nitrogen and oxygen atoms in total. The van der Waals surface area contributed by atoms with Crippen molar-refractivity contribution in [3.05, 3.63) is 120 Å². The number of para-hydroxylation sites is 1. The summed E-state index contributed by atoms with van der Waals surface area (Å²) in [5.74, 6) is -15.8. The minimum absolute atomic E-state index is 0.0155. The number of hydrogen-bond donors (Lipinski definition) is 5. The minimum atomic E-state index is -1.32. The predicted octanol–water partition coefficient (Wildman–Crippen LogP) is 6.66. The molecule has 566 valence electrons. The molecule has 0 fully saturated rings. The number of nitrogens with zero attached hydrogens (tertiary/aromatic N) is 5. The van der Waals surface area contributed by atoms with E-state index in [0.29, 0.717) is 16.9 Å². The molecule has 8 atom stereocenters. The molecule has 8 N–H and O–H groups in total. The van der Waals surface area contributed by atoms with E-state index in [2.05, 4.69) is 15.0 Å². The predicted molar refractivity (Wildman–Crippen MR) is 389 cm³/mol. The van der Waals surface area contributed by atoms with Gasteiger partial charge in [-0.25, -0.2) is 4.98 Å². The summed E-state index contributed by atoms with van der Waals surface area (Å²) in [6.07, 6.45) is -0.249. The van der Waals surface area contributed by atoms with Gasteiger partial charge in [-0.3, -0.25) is 72.1 Å². The monoisotopic (exact) mass is 1440 g/mol. The van der Waals surface area contributed by atoms with Crippen LogP contribution in [0.2, 0.25) is 0 Å². The topological polar surface area (TPSA) is 406 Å². The highest BCUT2D eigenvalue weighted by molar-refractivity contribution is 6.03. The number of esters is 1. The largest absolute Gasteiger partial charge is 0.466 e. The molecule has 4 aromatic rings. The van der Waals surface area contributed by atoms with Crippen molar-refractivity contribution in [1.82, 2.24) is 19.8 Å². The normalized spacial score (nSPS) is 13.5. The second kappa shape index (κ2) is 46.2. The van der Waals surface area contributed by atoms with Crippen molar-refractivity contribution in [3.63, 3.8) is 0 Å². The molecule has 1 heterocycles. The first-order valence-electron chi connectivity index (χ1n) is 35.8. The van der Waals surface area contributed by atoms with E-state index in [4.69, 9.17) is 26.7 Å². The molecule has 0 bridgehead atoms. The standard InChI is InChI=1S/C78H107N9O17/c1-8-104-77(102)53(5)34-65(90)27-28-67(92)60(36-55-19-12-9-13-20-55)42-73(98)61(37-63-44-82-50-84-63)43-70(95)57(23-18-30-83-78(80)81)40-72(97)59(33-51(2)3)41-71(96)58(26-29-74(79)99)39-68(93)52(4)35-69(94)62(49-88)38-66(91)46-87(64-24-16-11-17-25-64)76(101)48-86(45-56-21-14-10-15-22-56)75(100)47-85(54(6)89)31-32-103-7/h9-17,19-22,24-25,44,50-53,57-62,88H,8,18,23,26-43,45-49H2,1-7H3,(H2,79,99)(H,82,84)(H4,80,81,83). The lowest BCUT2D eigenvalue weighted by molar-refractivity contribution is -0.149. The Kier molecular flexibility index (Phi) is 38.6. The van der Waals surface area contributed by atoms with Crippen LogP contribution in [0.5, 0.6) is 0 Å². The average molecular weight is 1440 g/mol. The molecule has 26 heteroatoms. The second-order valence-electron chi connectivity index (χ2n) is 27.4. The number of rotatable bonds is 54. The number of ether oxygens (including phenoxy) is 2. The van der Waals surface area contributed by atoms with E-state index in [9.17, 15) is 72.2 Å². The van der Waals surface area contributed by atoms with E-state index in [1.165, 1.54) is 48.2 Å². The van der Waals surface area contributed by atoms with Gasteiger partial charge in [0.1, 0.15) is 52.8 Å². The number of primary amides is 1. The third kappa shape index (κ3) is 32.0. The Hall–Kier alpha value is -9.56. The Morgan fingerprint density at radius 3 is 1.67 bits per heavy atom. The number of H-pyrrole nitrogens is 1. The summed E-state index contributed by atoms with van der Waals surface area (Å²) in [6.45, 7) is 7.91. The highest BCUT2D eigenvalue weighted by atomic mass is 16.5. The van der Waals surface area contributed by atoms with Crippen LogP contribution in [0.25, 0.3) is 0 Å². The zero-order valence-electron chi connectivity index (χ0n) is 61.3. The maximum absolute atomic E-state index is 14.9. The lowest BCUT2D eigenvalue weighted by Crippen LogP contribution is -2.48. The van der Waals surface area contributed by atoms with Crippen LogP contribution in [0.1, 0.15) is 155 Å². The molecule has 3 aromatic carbocycles. The first-order chi connectivity index (χ1) is 49.5. The fourth-order valence-electron chi connectivity index (χ4n) is 12.4. The number of aliphatic hydroxyl groups excluding tert-OH is 1.